The van der Waals surface area contributed by atoms with Crippen LogP contribution in [0.5, 0.6) is 0 Å². The summed E-state index contributed by atoms with van der Waals surface area (Å²) in [5.41, 5.74) is 3.19. The van der Waals surface area contributed by atoms with Crippen molar-refractivity contribution in [2.24, 2.45) is 4.99 Å². The lowest BCUT2D eigenvalue weighted by Crippen LogP contribution is -2.49. The first-order valence-corrected chi connectivity index (χ1v) is 7.17. The average molecular weight is 273 g/mol. The summed E-state index contributed by atoms with van der Waals surface area (Å²) in [6, 6.07) is 8.44. The molecule has 0 radical (unpaired) electrons. The first kappa shape index (κ1) is 12.8. The van der Waals surface area contributed by atoms with E-state index < -0.39 is 0 Å². The lowest BCUT2D eigenvalue weighted by molar-refractivity contribution is 0.185. The Morgan fingerprint density at radius 3 is 2.47 bits per heavy atom. The molecule has 1 fully saturated rings. The van der Waals surface area contributed by atoms with E-state index >= 15 is 0 Å². The minimum absolute atomic E-state index is 0.149. The maximum atomic E-state index is 5.48. The molecule has 19 heavy (non-hydrogen) atoms. The van der Waals surface area contributed by atoms with E-state index in [9.17, 15) is 0 Å². The molecule has 0 bridgehead atoms. The van der Waals surface area contributed by atoms with Crippen LogP contribution in [0.1, 0.15) is 24.0 Å². The largest absolute Gasteiger partial charge is 0.350 e. The number of aliphatic imine (C=N–C) groups is 1. The number of nitrogens with zero attached hydrogens (tertiary/aromatic N) is 2. The summed E-state index contributed by atoms with van der Waals surface area (Å²) in [5, 5.41) is 3.45. The minimum atomic E-state index is -0.149. The maximum Gasteiger partial charge on any atom is 0.133 e. The van der Waals surface area contributed by atoms with Crippen molar-refractivity contribution in [3.05, 3.63) is 35.4 Å². The molecule has 0 atom stereocenters. The zero-order valence-electron chi connectivity index (χ0n) is 11.4. The molecule has 0 saturated carbocycles. The summed E-state index contributed by atoms with van der Waals surface area (Å²) in [4.78, 5) is 8.07. The van der Waals surface area contributed by atoms with Crippen molar-refractivity contribution in [3.8, 4) is 0 Å². The molecule has 0 aromatic heterocycles. The normalized spacial score (nSPS) is 22.4. The van der Waals surface area contributed by atoms with E-state index in [2.05, 4.69) is 48.5 Å². The summed E-state index contributed by atoms with van der Waals surface area (Å²) in [6.45, 7) is 4.23. The van der Waals surface area contributed by atoms with Gasteiger partial charge in [0.05, 0.1) is 0 Å². The highest BCUT2D eigenvalue weighted by Gasteiger charge is 2.39. The van der Waals surface area contributed by atoms with E-state index in [4.69, 9.17) is 17.2 Å². The first-order chi connectivity index (χ1) is 9.08. The molecule has 0 aliphatic carbocycles. The Balaban J connectivity index is 1.89. The van der Waals surface area contributed by atoms with Crippen molar-refractivity contribution < 1.29 is 0 Å². The van der Waals surface area contributed by atoms with Gasteiger partial charge in [0.15, 0.2) is 0 Å². The minimum Gasteiger partial charge on any atom is -0.350 e. The van der Waals surface area contributed by atoms with Crippen LogP contribution in [-0.4, -0.2) is 41.4 Å². The molecule has 0 amide bonds. The summed E-state index contributed by atoms with van der Waals surface area (Å²) < 4.78 is 0. The van der Waals surface area contributed by atoms with Crippen LogP contribution in [0.25, 0.3) is 0 Å². The molecule has 1 N–H and O–H groups in total. The highest BCUT2D eigenvalue weighted by atomic mass is 32.1. The molecule has 2 heterocycles. The smallest absolute Gasteiger partial charge is 0.133 e. The van der Waals surface area contributed by atoms with Crippen molar-refractivity contribution in [3.63, 3.8) is 0 Å². The van der Waals surface area contributed by atoms with Crippen LogP contribution in [0.4, 0.5) is 0 Å². The predicted molar refractivity (Wildman–Crippen MR) is 82.9 cm³/mol. The number of hydrogen-bond acceptors (Lipinski definition) is 3. The van der Waals surface area contributed by atoms with Gasteiger partial charge in [0, 0.05) is 31.5 Å². The second kappa shape index (κ2) is 4.69. The number of piperidine rings is 1. The monoisotopic (exact) mass is 273 g/mol. The van der Waals surface area contributed by atoms with E-state index in [0.717, 1.165) is 42.2 Å². The topological polar surface area (TPSA) is 27.6 Å². The summed E-state index contributed by atoms with van der Waals surface area (Å²) >= 11 is 5.48. The fourth-order valence-electron chi connectivity index (χ4n) is 2.70. The van der Waals surface area contributed by atoms with Crippen molar-refractivity contribution in [1.82, 2.24) is 10.2 Å². The van der Waals surface area contributed by atoms with Gasteiger partial charge in [-0.25, -0.2) is 0 Å². The van der Waals surface area contributed by atoms with Crippen LogP contribution in [0.15, 0.2) is 29.3 Å². The summed E-state index contributed by atoms with van der Waals surface area (Å²) in [6.07, 6.45) is 2.05. The molecule has 1 spiro atoms. The Hall–Kier alpha value is -1.26. The van der Waals surface area contributed by atoms with Crippen LogP contribution < -0.4 is 5.32 Å². The van der Waals surface area contributed by atoms with E-state index in [1.165, 1.54) is 5.56 Å². The third-order valence-electron chi connectivity index (χ3n) is 4.03. The molecule has 3 rings (SSSR count). The first-order valence-electron chi connectivity index (χ1n) is 6.76. The van der Waals surface area contributed by atoms with Gasteiger partial charge >= 0.3 is 0 Å². The number of thiocarbonyl (C=S) groups is 1. The standard InChI is InChI=1S/C15H19N3S/c1-11-3-5-12(6-4-11)13-14(19)17-15(16-13)7-9-18(2)10-8-15/h3-6H,7-10H2,1-2H3,(H,17,19). The lowest BCUT2D eigenvalue weighted by Gasteiger charge is -2.35. The zero-order valence-corrected chi connectivity index (χ0v) is 12.3. The average Bonchev–Trinajstić information content (AvgIpc) is 2.72. The van der Waals surface area contributed by atoms with Crippen LogP contribution >= 0.6 is 12.2 Å². The molecule has 1 saturated heterocycles. The van der Waals surface area contributed by atoms with E-state index in [1.807, 2.05) is 0 Å². The van der Waals surface area contributed by atoms with Gasteiger partial charge in [0.25, 0.3) is 0 Å². The zero-order chi connectivity index (χ0) is 13.5. The summed E-state index contributed by atoms with van der Waals surface area (Å²) in [7, 11) is 2.16. The van der Waals surface area contributed by atoms with Gasteiger partial charge in [-0.05, 0) is 14.0 Å². The van der Waals surface area contributed by atoms with Crippen LogP contribution in [0.2, 0.25) is 0 Å². The number of nitrogens with one attached hydrogen (secondary N) is 1. The molecule has 0 unspecified atom stereocenters. The third kappa shape index (κ3) is 2.42. The summed E-state index contributed by atoms with van der Waals surface area (Å²) in [5.74, 6) is 0. The number of hydrogen-bond donors (Lipinski definition) is 1. The highest BCUT2D eigenvalue weighted by molar-refractivity contribution is 7.82. The molecule has 100 valence electrons. The molecular weight excluding hydrogens is 254 g/mol. The maximum absolute atomic E-state index is 5.48. The van der Waals surface area contributed by atoms with Gasteiger partial charge in [-0.2, -0.15) is 0 Å². The van der Waals surface area contributed by atoms with Gasteiger partial charge in [-0.15, -0.1) is 0 Å². The Labute approximate surface area is 119 Å². The molecule has 2 aliphatic heterocycles. The van der Waals surface area contributed by atoms with Crippen molar-refractivity contribution in [2.75, 3.05) is 20.1 Å². The Kier molecular flexibility index (Phi) is 3.15. The van der Waals surface area contributed by atoms with Crippen LogP contribution in [0, 0.1) is 6.92 Å². The fraction of sp³-hybridized carbons (Fsp3) is 0.467. The molecule has 2 aliphatic rings. The molecular formula is C15H19N3S. The van der Waals surface area contributed by atoms with Crippen molar-refractivity contribution in [1.29, 1.82) is 0 Å². The van der Waals surface area contributed by atoms with E-state index in [1.54, 1.807) is 0 Å². The predicted octanol–water partition coefficient (Wildman–Crippen LogP) is 2.14. The highest BCUT2D eigenvalue weighted by Crippen LogP contribution is 2.28. The quantitative estimate of drug-likeness (QED) is 0.795. The Bertz CT molecular complexity index is 525. The SMILES string of the molecule is Cc1ccc(C2=NC3(CCN(C)CC3)NC2=S)cc1. The molecule has 4 heteroatoms. The van der Waals surface area contributed by atoms with E-state index in [-0.39, 0.29) is 5.66 Å². The van der Waals surface area contributed by atoms with E-state index in [0.29, 0.717) is 0 Å². The van der Waals surface area contributed by atoms with Gasteiger partial charge in [0.2, 0.25) is 0 Å². The van der Waals surface area contributed by atoms with Gasteiger partial charge < -0.3 is 10.2 Å². The second-order valence-corrected chi connectivity index (χ2v) is 6.02. The number of aryl methyl sites for hydroxylation is 1. The van der Waals surface area contributed by atoms with Gasteiger partial charge in [0.1, 0.15) is 16.4 Å². The van der Waals surface area contributed by atoms with Gasteiger partial charge in [-0.3, -0.25) is 4.99 Å². The van der Waals surface area contributed by atoms with Crippen molar-refractivity contribution in [2.45, 2.75) is 25.4 Å². The number of likely N-dealkylation sites (tertiary alicyclic amines) is 1. The Morgan fingerprint density at radius 2 is 1.84 bits per heavy atom. The van der Waals surface area contributed by atoms with Crippen LogP contribution in [0.3, 0.4) is 0 Å². The third-order valence-corrected chi connectivity index (χ3v) is 4.32. The second-order valence-electron chi connectivity index (χ2n) is 5.62. The Morgan fingerprint density at radius 1 is 1.21 bits per heavy atom. The molecule has 1 aromatic rings. The number of rotatable bonds is 1. The molecule has 3 nitrogen and oxygen atoms in total. The number of benzene rings is 1. The molecule has 1 aromatic carbocycles. The fourth-order valence-corrected chi connectivity index (χ4v) is 3.05. The lowest BCUT2D eigenvalue weighted by atomic mass is 9.99. The van der Waals surface area contributed by atoms with Gasteiger partial charge in [-0.1, -0.05) is 42.0 Å². The van der Waals surface area contributed by atoms with Crippen LogP contribution in [-0.2, 0) is 0 Å². The van der Waals surface area contributed by atoms with Crippen molar-refractivity contribution >= 4 is 22.9 Å².